The number of carbonyl (C=O) groups excluding carboxylic acids is 1. The van der Waals surface area contributed by atoms with Gasteiger partial charge in [0.1, 0.15) is 11.4 Å². The quantitative estimate of drug-likeness (QED) is 0.649. The summed E-state index contributed by atoms with van der Waals surface area (Å²) in [5.74, 6) is 0.530. The molecule has 146 valence electrons. The van der Waals surface area contributed by atoms with Crippen LogP contribution in [0, 0.1) is 18.3 Å². The molecule has 2 N–H and O–H groups in total. The fraction of sp³-hybridized carbons (Fsp3) is 0.182. The summed E-state index contributed by atoms with van der Waals surface area (Å²) in [4.78, 5) is 21.4. The largest absolute Gasteiger partial charge is 0.489 e. The number of hydrogen-bond acceptors (Lipinski definition) is 6. The highest BCUT2D eigenvalue weighted by Gasteiger charge is 2.14. The zero-order valence-corrected chi connectivity index (χ0v) is 16.4. The molecule has 1 amide bonds. The summed E-state index contributed by atoms with van der Waals surface area (Å²) >= 11 is 0. The fourth-order valence-electron chi connectivity index (χ4n) is 2.61. The highest BCUT2D eigenvalue weighted by Crippen LogP contribution is 2.25. The van der Waals surface area contributed by atoms with Crippen molar-refractivity contribution in [2.75, 3.05) is 10.6 Å². The van der Waals surface area contributed by atoms with E-state index in [2.05, 4.69) is 26.7 Å². The van der Waals surface area contributed by atoms with E-state index in [-0.39, 0.29) is 17.7 Å². The molecule has 3 aromatic rings. The molecular weight excluding hydrogens is 366 g/mol. The van der Waals surface area contributed by atoms with Gasteiger partial charge in [0.15, 0.2) is 0 Å². The van der Waals surface area contributed by atoms with Crippen LogP contribution in [0.3, 0.4) is 0 Å². The summed E-state index contributed by atoms with van der Waals surface area (Å²) in [6, 6.07) is 17.8. The van der Waals surface area contributed by atoms with E-state index in [0.717, 1.165) is 5.69 Å². The zero-order valence-electron chi connectivity index (χ0n) is 16.4. The number of benzene rings is 2. The normalized spacial score (nSPS) is 10.3. The molecule has 0 saturated carbocycles. The van der Waals surface area contributed by atoms with E-state index in [1.54, 1.807) is 49.4 Å². The van der Waals surface area contributed by atoms with Gasteiger partial charge in [-0.05, 0) is 63.2 Å². The maximum Gasteiger partial charge on any atom is 0.274 e. The average molecular weight is 387 g/mol. The molecule has 0 bridgehead atoms. The first kappa shape index (κ1) is 19.8. The number of nitrogens with one attached hydrogen (secondary N) is 2. The monoisotopic (exact) mass is 387 g/mol. The Balaban J connectivity index is 1.80. The molecule has 0 aliphatic carbocycles. The molecule has 3 rings (SSSR count). The number of ether oxygens (including phenoxy) is 1. The maximum atomic E-state index is 12.8. The second kappa shape index (κ2) is 8.85. The number of aromatic nitrogens is 2. The van der Waals surface area contributed by atoms with Crippen molar-refractivity contribution in [3.8, 4) is 11.8 Å². The number of amides is 1. The summed E-state index contributed by atoms with van der Waals surface area (Å²) in [5.41, 5.74) is 2.73. The van der Waals surface area contributed by atoms with Gasteiger partial charge in [-0.15, -0.1) is 0 Å². The molecule has 0 unspecified atom stereocenters. The first-order valence-corrected chi connectivity index (χ1v) is 9.14. The zero-order chi connectivity index (χ0) is 20.8. The van der Waals surface area contributed by atoms with Crippen molar-refractivity contribution in [2.24, 2.45) is 0 Å². The smallest absolute Gasteiger partial charge is 0.274 e. The fourth-order valence-corrected chi connectivity index (χ4v) is 2.61. The molecule has 0 aliphatic rings. The van der Waals surface area contributed by atoms with Crippen molar-refractivity contribution in [1.82, 2.24) is 9.97 Å². The Morgan fingerprint density at radius 2 is 1.83 bits per heavy atom. The third kappa shape index (κ3) is 5.30. The summed E-state index contributed by atoms with van der Waals surface area (Å²) in [6.45, 7) is 5.64. The van der Waals surface area contributed by atoms with Crippen molar-refractivity contribution < 1.29 is 9.53 Å². The van der Waals surface area contributed by atoms with Crippen LogP contribution in [0.2, 0.25) is 0 Å². The number of para-hydroxylation sites is 2. The van der Waals surface area contributed by atoms with Crippen molar-refractivity contribution >= 4 is 23.2 Å². The van der Waals surface area contributed by atoms with Gasteiger partial charge in [-0.2, -0.15) is 5.26 Å². The van der Waals surface area contributed by atoms with Gasteiger partial charge in [-0.25, -0.2) is 9.97 Å². The number of carbonyl (C=O) groups is 1. The summed E-state index contributed by atoms with van der Waals surface area (Å²) < 4.78 is 5.74. The second-order valence-electron chi connectivity index (χ2n) is 6.65. The predicted molar refractivity (Wildman–Crippen MR) is 111 cm³/mol. The van der Waals surface area contributed by atoms with Crippen LogP contribution >= 0.6 is 0 Å². The van der Waals surface area contributed by atoms with Crippen molar-refractivity contribution in [3.63, 3.8) is 0 Å². The van der Waals surface area contributed by atoms with Gasteiger partial charge in [0, 0.05) is 11.4 Å². The average Bonchev–Trinajstić information content (AvgIpc) is 2.69. The van der Waals surface area contributed by atoms with E-state index in [1.807, 2.05) is 26.0 Å². The first-order valence-electron chi connectivity index (χ1n) is 9.14. The Labute approximate surface area is 169 Å². The number of anilines is 3. The van der Waals surface area contributed by atoms with E-state index < -0.39 is 0 Å². The molecule has 0 fully saturated rings. The summed E-state index contributed by atoms with van der Waals surface area (Å²) in [6.07, 6.45) is -0.0161. The molecule has 0 aliphatic heterocycles. The van der Waals surface area contributed by atoms with Crippen LogP contribution < -0.4 is 15.4 Å². The predicted octanol–water partition coefficient (Wildman–Crippen LogP) is 4.44. The topological polar surface area (TPSA) is 99.9 Å². The molecule has 2 aromatic carbocycles. The highest BCUT2D eigenvalue weighted by molar-refractivity contribution is 6.03. The van der Waals surface area contributed by atoms with Crippen LogP contribution in [0.1, 0.15) is 35.6 Å². The lowest BCUT2D eigenvalue weighted by molar-refractivity contribution is 0.102. The summed E-state index contributed by atoms with van der Waals surface area (Å²) in [5, 5.41) is 14.8. The Bertz CT molecular complexity index is 1060. The highest BCUT2D eigenvalue weighted by atomic mass is 16.5. The Hall–Kier alpha value is -3.92. The number of nitrogens with zero attached hydrogens (tertiary/aromatic N) is 3. The van der Waals surface area contributed by atoms with E-state index in [9.17, 15) is 4.79 Å². The van der Waals surface area contributed by atoms with E-state index in [4.69, 9.17) is 10.00 Å². The van der Waals surface area contributed by atoms with Crippen LogP contribution in [0.5, 0.6) is 5.75 Å². The van der Waals surface area contributed by atoms with Gasteiger partial charge in [0.05, 0.1) is 23.4 Å². The van der Waals surface area contributed by atoms with Crippen molar-refractivity contribution in [1.29, 1.82) is 5.26 Å². The van der Waals surface area contributed by atoms with Gasteiger partial charge in [-0.1, -0.05) is 12.1 Å². The standard InChI is InChI=1S/C22H21N5O2/c1-14(2)29-20-7-5-4-6-18(20)26-21(28)19-12-15(3)24-22(27-19)25-17-10-8-16(13-23)9-11-17/h4-12,14H,1-3H3,(H,26,28)(H,24,25,27). The molecule has 1 heterocycles. The Kier molecular flexibility index (Phi) is 6.05. The Morgan fingerprint density at radius 1 is 1.10 bits per heavy atom. The first-order chi connectivity index (χ1) is 13.9. The third-order valence-electron chi connectivity index (χ3n) is 3.85. The van der Waals surface area contributed by atoms with Crippen molar-refractivity contribution in [2.45, 2.75) is 26.9 Å². The number of aryl methyl sites for hydroxylation is 1. The molecule has 0 saturated heterocycles. The van der Waals surface area contributed by atoms with E-state index in [1.165, 1.54) is 0 Å². The lowest BCUT2D eigenvalue weighted by Crippen LogP contribution is -2.17. The van der Waals surface area contributed by atoms with Crippen LogP contribution in [-0.4, -0.2) is 22.0 Å². The van der Waals surface area contributed by atoms with Gasteiger partial charge in [-0.3, -0.25) is 4.79 Å². The molecule has 7 heteroatoms. The minimum Gasteiger partial charge on any atom is -0.489 e. The summed E-state index contributed by atoms with van der Waals surface area (Å²) in [7, 11) is 0. The molecule has 1 aromatic heterocycles. The van der Waals surface area contributed by atoms with E-state index >= 15 is 0 Å². The van der Waals surface area contributed by atoms with Gasteiger partial charge < -0.3 is 15.4 Å². The van der Waals surface area contributed by atoms with Crippen LogP contribution in [0.15, 0.2) is 54.6 Å². The van der Waals surface area contributed by atoms with Crippen LogP contribution in [-0.2, 0) is 0 Å². The lowest BCUT2D eigenvalue weighted by atomic mass is 10.2. The van der Waals surface area contributed by atoms with Crippen LogP contribution in [0.4, 0.5) is 17.3 Å². The van der Waals surface area contributed by atoms with Gasteiger partial charge in [0.2, 0.25) is 5.95 Å². The molecule has 0 atom stereocenters. The maximum absolute atomic E-state index is 12.8. The minimum atomic E-state index is -0.363. The SMILES string of the molecule is Cc1cc(C(=O)Nc2ccccc2OC(C)C)nc(Nc2ccc(C#N)cc2)n1. The molecule has 29 heavy (non-hydrogen) atoms. The second-order valence-corrected chi connectivity index (χ2v) is 6.65. The molecule has 7 nitrogen and oxygen atoms in total. The molecule has 0 radical (unpaired) electrons. The molecule has 0 spiro atoms. The molecular formula is C22H21N5O2. The Morgan fingerprint density at radius 3 is 2.52 bits per heavy atom. The van der Waals surface area contributed by atoms with E-state index in [0.29, 0.717) is 28.6 Å². The van der Waals surface area contributed by atoms with Crippen LogP contribution in [0.25, 0.3) is 0 Å². The lowest BCUT2D eigenvalue weighted by Gasteiger charge is -2.15. The number of nitriles is 1. The number of hydrogen-bond donors (Lipinski definition) is 2. The van der Waals surface area contributed by atoms with Crippen molar-refractivity contribution in [3.05, 3.63) is 71.5 Å². The third-order valence-corrected chi connectivity index (χ3v) is 3.85. The van der Waals surface area contributed by atoms with Gasteiger partial charge >= 0.3 is 0 Å². The minimum absolute atomic E-state index is 0.0161. The van der Waals surface area contributed by atoms with Gasteiger partial charge in [0.25, 0.3) is 5.91 Å². The number of rotatable bonds is 6.